The van der Waals surface area contributed by atoms with Gasteiger partial charge in [-0.3, -0.25) is 9.89 Å². The van der Waals surface area contributed by atoms with Gasteiger partial charge in [-0.1, -0.05) is 0 Å². The Morgan fingerprint density at radius 2 is 2.57 bits per heavy atom. The lowest BCUT2D eigenvalue weighted by Gasteiger charge is -2.10. The van der Waals surface area contributed by atoms with Crippen LogP contribution < -0.4 is 10.6 Å². The van der Waals surface area contributed by atoms with Gasteiger partial charge in [-0.05, 0) is 19.9 Å². The van der Waals surface area contributed by atoms with E-state index < -0.39 is 0 Å². The quantitative estimate of drug-likeness (QED) is 0.611. The molecule has 76 valence electrons. The van der Waals surface area contributed by atoms with Crippen molar-refractivity contribution in [3.05, 3.63) is 17.5 Å². The zero-order chi connectivity index (χ0) is 9.97. The van der Waals surface area contributed by atoms with Gasteiger partial charge in [-0.15, -0.1) is 0 Å². The molecule has 1 amide bonds. The van der Waals surface area contributed by atoms with E-state index in [0.29, 0.717) is 5.56 Å². The number of hydrogen-bond acceptors (Lipinski definition) is 3. The minimum atomic E-state index is -0.0371. The van der Waals surface area contributed by atoms with Crippen molar-refractivity contribution in [2.24, 2.45) is 0 Å². The molecule has 0 aliphatic carbocycles. The molecule has 1 aromatic heterocycles. The van der Waals surface area contributed by atoms with E-state index in [-0.39, 0.29) is 11.9 Å². The summed E-state index contributed by atoms with van der Waals surface area (Å²) in [6.07, 6.45) is 2.57. The highest BCUT2D eigenvalue weighted by Crippen LogP contribution is 2.04. The Bertz CT molecular complexity index is 327. The molecule has 1 aromatic rings. The molecule has 5 heteroatoms. The highest BCUT2D eigenvalue weighted by atomic mass is 16.1. The summed E-state index contributed by atoms with van der Waals surface area (Å²) in [6.45, 7) is 3.69. The smallest absolute Gasteiger partial charge is 0.254 e. The van der Waals surface area contributed by atoms with Crippen LogP contribution in [0.15, 0.2) is 6.20 Å². The number of aromatic nitrogens is 2. The minimum Gasteiger partial charge on any atom is -0.348 e. The molecule has 1 aliphatic heterocycles. The number of carbonyl (C=O) groups excluding carboxylic acids is 1. The van der Waals surface area contributed by atoms with Gasteiger partial charge in [0, 0.05) is 18.3 Å². The van der Waals surface area contributed by atoms with Crippen molar-refractivity contribution in [3.63, 3.8) is 0 Å². The van der Waals surface area contributed by atoms with Gasteiger partial charge >= 0.3 is 0 Å². The Morgan fingerprint density at radius 3 is 3.14 bits per heavy atom. The Labute approximate surface area is 82.3 Å². The number of aryl methyl sites for hydroxylation is 1. The molecule has 2 rings (SSSR count). The predicted octanol–water partition coefficient (Wildman–Crippen LogP) is -0.190. The second-order valence-corrected chi connectivity index (χ2v) is 3.57. The van der Waals surface area contributed by atoms with E-state index in [1.807, 2.05) is 6.92 Å². The van der Waals surface area contributed by atoms with E-state index in [0.717, 1.165) is 25.2 Å². The molecule has 0 saturated carbocycles. The van der Waals surface area contributed by atoms with E-state index in [1.165, 1.54) is 0 Å². The summed E-state index contributed by atoms with van der Waals surface area (Å²) in [5.74, 6) is -0.0371. The number of hydrogen-bond donors (Lipinski definition) is 3. The molecule has 1 atom stereocenters. The van der Waals surface area contributed by atoms with Crippen molar-refractivity contribution in [2.45, 2.75) is 19.4 Å². The van der Waals surface area contributed by atoms with Crippen molar-refractivity contribution in [1.29, 1.82) is 0 Å². The van der Waals surface area contributed by atoms with Gasteiger partial charge in [0.2, 0.25) is 0 Å². The monoisotopic (exact) mass is 194 g/mol. The maximum atomic E-state index is 11.7. The minimum absolute atomic E-state index is 0.0371. The molecule has 3 N–H and O–H groups in total. The zero-order valence-corrected chi connectivity index (χ0v) is 8.13. The molecule has 0 radical (unpaired) electrons. The van der Waals surface area contributed by atoms with Crippen LogP contribution in [0.3, 0.4) is 0 Å². The molecule has 0 bridgehead atoms. The lowest BCUT2D eigenvalue weighted by Crippen LogP contribution is -2.36. The molecule has 1 aliphatic rings. The van der Waals surface area contributed by atoms with Crippen molar-refractivity contribution in [2.75, 3.05) is 13.1 Å². The fourth-order valence-electron chi connectivity index (χ4n) is 1.62. The predicted molar refractivity (Wildman–Crippen MR) is 52.1 cm³/mol. The first-order valence-corrected chi connectivity index (χ1v) is 4.79. The van der Waals surface area contributed by atoms with Gasteiger partial charge < -0.3 is 10.6 Å². The van der Waals surface area contributed by atoms with Crippen LogP contribution in [0.25, 0.3) is 0 Å². The largest absolute Gasteiger partial charge is 0.348 e. The summed E-state index contributed by atoms with van der Waals surface area (Å²) < 4.78 is 0. The van der Waals surface area contributed by atoms with Gasteiger partial charge in [0.1, 0.15) is 0 Å². The van der Waals surface area contributed by atoms with E-state index in [1.54, 1.807) is 6.20 Å². The highest BCUT2D eigenvalue weighted by molar-refractivity contribution is 5.95. The SMILES string of the molecule is Cc1[nH]ncc1C(=O)N[C@H]1CCNC1. The Kier molecular flexibility index (Phi) is 2.49. The van der Waals surface area contributed by atoms with Crippen molar-refractivity contribution in [3.8, 4) is 0 Å². The topological polar surface area (TPSA) is 69.8 Å². The fourth-order valence-corrected chi connectivity index (χ4v) is 1.62. The van der Waals surface area contributed by atoms with Crippen LogP contribution >= 0.6 is 0 Å². The molecule has 14 heavy (non-hydrogen) atoms. The average Bonchev–Trinajstić information content (AvgIpc) is 2.75. The second kappa shape index (κ2) is 3.79. The molecular formula is C9H14N4O. The molecular weight excluding hydrogens is 180 g/mol. The summed E-state index contributed by atoms with van der Waals surface area (Å²) in [5.41, 5.74) is 1.45. The lowest BCUT2D eigenvalue weighted by molar-refractivity contribution is 0.0939. The third-order valence-electron chi connectivity index (χ3n) is 2.47. The van der Waals surface area contributed by atoms with Crippen molar-refractivity contribution >= 4 is 5.91 Å². The molecule has 0 unspecified atom stereocenters. The third-order valence-corrected chi connectivity index (χ3v) is 2.47. The number of nitrogens with one attached hydrogen (secondary N) is 3. The van der Waals surface area contributed by atoms with Crippen molar-refractivity contribution < 1.29 is 4.79 Å². The van der Waals surface area contributed by atoms with Gasteiger partial charge in [-0.2, -0.15) is 5.10 Å². The van der Waals surface area contributed by atoms with E-state index >= 15 is 0 Å². The van der Waals surface area contributed by atoms with Crippen LogP contribution in [0.2, 0.25) is 0 Å². The van der Waals surface area contributed by atoms with E-state index in [4.69, 9.17) is 0 Å². The molecule has 0 spiro atoms. The van der Waals surface area contributed by atoms with Crippen LogP contribution in [-0.4, -0.2) is 35.2 Å². The van der Waals surface area contributed by atoms with Gasteiger partial charge in [0.15, 0.2) is 0 Å². The van der Waals surface area contributed by atoms with Crippen molar-refractivity contribution in [1.82, 2.24) is 20.8 Å². The Morgan fingerprint density at radius 1 is 1.71 bits per heavy atom. The van der Waals surface area contributed by atoms with Crippen LogP contribution in [0.5, 0.6) is 0 Å². The highest BCUT2D eigenvalue weighted by Gasteiger charge is 2.18. The van der Waals surface area contributed by atoms with Crippen LogP contribution in [-0.2, 0) is 0 Å². The molecule has 1 saturated heterocycles. The first-order valence-electron chi connectivity index (χ1n) is 4.79. The number of rotatable bonds is 2. The maximum absolute atomic E-state index is 11.7. The van der Waals surface area contributed by atoms with E-state index in [9.17, 15) is 4.79 Å². The molecule has 0 aromatic carbocycles. The summed E-state index contributed by atoms with van der Waals surface area (Å²) >= 11 is 0. The number of amides is 1. The number of H-pyrrole nitrogens is 1. The summed E-state index contributed by atoms with van der Waals surface area (Å²) in [5, 5.41) is 12.7. The normalized spacial score (nSPS) is 21.1. The molecule has 1 fully saturated rings. The van der Waals surface area contributed by atoms with Crippen LogP contribution in [0.4, 0.5) is 0 Å². The summed E-state index contributed by atoms with van der Waals surface area (Å²) in [7, 11) is 0. The number of carbonyl (C=O) groups is 1. The van der Waals surface area contributed by atoms with Crippen LogP contribution in [0.1, 0.15) is 22.5 Å². The average molecular weight is 194 g/mol. The molecule has 5 nitrogen and oxygen atoms in total. The zero-order valence-electron chi connectivity index (χ0n) is 8.13. The second-order valence-electron chi connectivity index (χ2n) is 3.57. The van der Waals surface area contributed by atoms with E-state index in [2.05, 4.69) is 20.8 Å². The summed E-state index contributed by atoms with van der Waals surface area (Å²) in [6, 6.07) is 0.261. The van der Waals surface area contributed by atoms with Gasteiger partial charge in [0.05, 0.1) is 11.8 Å². The Balaban J connectivity index is 1.98. The van der Waals surface area contributed by atoms with Gasteiger partial charge in [0.25, 0.3) is 5.91 Å². The fraction of sp³-hybridized carbons (Fsp3) is 0.556. The number of aromatic amines is 1. The first kappa shape index (κ1) is 9.21. The van der Waals surface area contributed by atoms with Crippen LogP contribution in [0, 0.1) is 6.92 Å². The summed E-state index contributed by atoms with van der Waals surface area (Å²) in [4.78, 5) is 11.7. The maximum Gasteiger partial charge on any atom is 0.254 e. The molecule has 2 heterocycles. The first-order chi connectivity index (χ1) is 6.77. The Hall–Kier alpha value is -1.36. The third kappa shape index (κ3) is 1.77. The van der Waals surface area contributed by atoms with Gasteiger partial charge in [-0.25, -0.2) is 0 Å². The lowest BCUT2D eigenvalue weighted by atomic mass is 10.2. The standard InChI is InChI=1S/C9H14N4O/c1-6-8(5-11-13-6)9(14)12-7-2-3-10-4-7/h5,7,10H,2-4H2,1H3,(H,11,13)(H,12,14)/t7-/m0/s1. The number of nitrogens with zero attached hydrogens (tertiary/aromatic N) is 1.